The summed E-state index contributed by atoms with van der Waals surface area (Å²) in [6, 6.07) is 11.7. The molecule has 0 aliphatic carbocycles. The quantitative estimate of drug-likeness (QED) is 0.295. The van der Waals surface area contributed by atoms with Gasteiger partial charge < -0.3 is 9.12 Å². The SMILES string of the molecule is Cn1c(=NNS(=O)(=O)c2cccc(S(=O)(=O)[O-])c2)sc2ccccc21.[Na+]. The number of nitrogens with one attached hydrogen (secondary N) is 1. The maximum atomic E-state index is 12.3. The van der Waals surface area contributed by atoms with Crippen molar-refractivity contribution in [2.24, 2.45) is 12.1 Å². The molecule has 1 heterocycles. The molecule has 1 N–H and O–H groups in total. The zero-order chi connectivity index (χ0) is 18.2. The number of rotatable bonds is 4. The van der Waals surface area contributed by atoms with Crippen molar-refractivity contribution < 1.29 is 50.9 Å². The van der Waals surface area contributed by atoms with E-state index in [1.165, 1.54) is 23.5 Å². The number of sulfonamides is 1. The Morgan fingerprint density at radius 2 is 1.69 bits per heavy atom. The van der Waals surface area contributed by atoms with Gasteiger partial charge in [-0.1, -0.05) is 29.5 Å². The Kier molecular flexibility index (Phi) is 6.33. The van der Waals surface area contributed by atoms with Crippen LogP contribution >= 0.6 is 11.3 Å². The molecule has 2 aromatic carbocycles. The van der Waals surface area contributed by atoms with E-state index in [0.717, 1.165) is 22.3 Å². The molecule has 0 fully saturated rings. The average Bonchev–Trinajstić information content (AvgIpc) is 2.89. The number of thiazole rings is 1. The Bertz CT molecular complexity index is 1230. The third-order valence-electron chi connectivity index (χ3n) is 3.38. The van der Waals surface area contributed by atoms with E-state index >= 15 is 0 Å². The second kappa shape index (κ2) is 7.80. The van der Waals surface area contributed by atoms with Gasteiger partial charge in [-0.15, -0.1) is 5.10 Å². The van der Waals surface area contributed by atoms with Gasteiger partial charge in [-0.05, 0) is 30.3 Å². The van der Waals surface area contributed by atoms with Gasteiger partial charge in [0.15, 0.2) is 0 Å². The summed E-state index contributed by atoms with van der Waals surface area (Å²) in [5.41, 5.74) is 0.893. The van der Waals surface area contributed by atoms with Crippen LogP contribution in [0.2, 0.25) is 0 Å². The number of benzene rings is 2. The van der Waals surface area contributed by atoms with E-state index in [2.05, 4.69) is 9.93 Å². The number of hydrogen-bond donors (Lipinski definition) is 1. The molecule has 0 atom stereocenters. The summed E-state index contributed by atoms with van der Waals surface area (Å²) in [7, 11) is -7.13. The molecule has 0 radical (unpaired) electrons. The second-order valence-electron chi connectivity index (χ2n) is 5.05. The van der Waals surface area contributed by atoms with Crippen molar-refractivity contribution in [2.75, 3.05) is 0 Å². The van der Waals surface area contributed by atoms with Crippen LogP contribution in [0.1, 0.15) is 0 Å². The van der Waals surface area contributed by atoms with Crippen LogP contribution in [0, 0.1) is 0 Å². The first-order valence-electron chi connectivity index (χ1n) is 6.84. The van der Waals surface area contributed by atoms with Crippen LogP contribution < -0.4 is 39.2 Å². The number of nitrogens with zero attached hydrogens (tertiary/aromatic N) is 2. The van der Waals surface area contributed by atoms with Crippen molar-refractivity contribution in [3.8, 4) is 0 Å². The zero-order valence-electron chi connectivity index (χ0n) is 13.8. The molecule has 26 heavy (non-hydrogen) atoms. The van der Waals surface area contributed by atoms with Crippen LogP contribution in [-0.2, 0) is 27.2 Å². The average molecular weight is 421 g/mol. The summed E-state index contributed by atoms with van der Waals surface area (Å²) in [4.78, 5) is 1.49. The predicted molar refractivity (Wildman–Crippen MR) is 91.1 cm³/mol. The fourth-order valence-electron chi connectivity index (χ4n) is 2.14. The number of para-hydroxylation sites is 1. The summed E-state index contributed by atoms with van der Waals surface area (Å²) >= 11 is 1.29. The summed E-state index contributed by atoms with van der Waals surface area (Å²) in [5, 5.41) is 3.90. The van der Waals surface area contributed by atoms with E-state index in [0.29, 0.717) is 4.80 Å². The van der Waals surface area contributed by atoms with Gasteiger partial charge in [-0.2, -0.15) is 13.2 Å². The van der Waals surface area contributed by atoms with Crippen LogP contribution in [-0.4, -0.2) is 26.0 Å². The third-order valence-corrected chi connectivity index (χ3v) is 6.53. The van der Waals surface area contributed by atoms with Gasteiger partial charge in [0, 0.05) is 7.05 Å². The molecule has 8 nitrogen and oxygen atoms in total. The van der Waals surface area contributed by atoms with Gasteiger partial charge >= 0.3 is 29.6 Å². The van der Waals surface area contributed by atoms with Crippen molar-refractivity contribution in [2.45, 2.75) is 9.79 Å². The first-order chi connectivity index (χ1) is 11.7. The van der Waals surface area contributed by atoms with Gasteiger partial charge in [-0.25, -0.2) is 8.42 Å². The standard InChI is InChI=1S/C14H13N3O5S3.Na/c1-17-12-7-2-3-8-13(12)23-14(17)15-16-24(18,19)10-5-4-6-11(9-10)25(20,21)22;/h2-9,16H,1H3,(H,20,21,22);/q;+1/p-1. The maximum Gasteiger partial charge on any atom is 1.00 e. The molecule has 12 heteroatoms. The Hall–Kier alpha value is -1.21. The van der Waals surface area contributed by atoms with Crippen molar-refractivity contribution >= 4 is 41.7 Å². The minimum Gasteiger partial charge on any atom is -0.744 e. The van der Waals surface area contributed by atoms with Crippen molar-refractivity contribution in [3.63, 3.8) is 0 Å². The first kappa shape index (κ1) is 21.1. The Balaban J connectivity index is 0.00000243. The number of aromatic nitrogens is 1. The number of aryl methyl sites for hydroxylation is 1. The van der Waals surface area contributed by atoms with Crippen LogP contribution in [0.5, 0.6) is 0 Å². The van der Waals surface area contributed by atoms with Crippen LogP contribution in [0.4, 0.5) is 0 Å². The molecule has 3 rings (SSSR count). The van der Waals surface area contributed by atoms with Crippen LogP contribution in [0.3, 0.4) is 0 Å². The van der Waals surface area contributed by atoms with E-state index in [1.54, 1.807) is 11.6 Å². The molecule has 0 spiro atoms. The topological polar surface area (TPSA) is 121 Å². The van der Waals surface area contributed by atoms with Gasteiger partial charge in [0.05, 0.1) is 20.0 Å². The molecule has 0 aliphatic rings. The van der Waals surface area contributed by atoms with Crippen molar-refractivity contribution in [1.29, 1.82) is 0 Å². The van der Waals surface area contributed by atoms with Gasteiger partial charge in [0.2, 0.25) is 4.80 Å². The molecule has 3 aromatic rings. The van der Waals surface area contributed by atoms with Crippen molar-refractivity contribution in [3.05, 3.63) is 53.3 Å². The monoisotopic (exact) mass is 421 g/mol. The minimum atomic E-state index is -4.75. The molecule has 0 aliphatic heterocycles. The predicted octanol–water partition coefficient (Wildman–Crippen LogP) is -2.06. The fourth-order valence-corrected chi connectivity index (χ4v) is 4.62. The molecule has 0 saturated carbocycles. The summed E-state index contributed by atoms with van der Waals surface area (Å²) in [6.45, 7) is 0. The minimum absolute atomic E-state index is 0. The second-order valence-corrected chi connectivity index (χ2v) is 9.10. The van der Waals surface area contributed by atoms with E-state index < -0.39 is 25.0 Å². The van der Waals surface area contributed by atoms with Crippen molar-refractivity contribution in [1.82, 2.24) is 9.40 Å². The van der Waals surface area contributed by atoms with E-state index in [1.807, 2.05) is 24.3 Å². The molecule has 1 aromatic heterocycles. The molecule has 0 unspecified atom stereocenters. The molecular formula is C14H12N3NaO5S3. The number of fused-ring (bicyclic) bond motifs is 1. The molecule has 132 valence electrons. The van der Waals surface area contributed by atoms with Crippen LogP contribution in [0.15, 0.2) is 63.4 Å². The van der Waals surface area contributed by atoms with Gasteiger partial charge in [-0.3, -0.25) is 0 Å². The first-order valence-corrected chi connectivity index (χ1v) is 10.6. The van der Waals surface area contributed by atoms with Crippen LogP contribution in [0.25, 0.3) is 10.2 Å². The van der Waals surface area contributed by atoms with Gasteiger partial charge in [0.1, 0.15) is 10.1 Å². The number of hydrogen-bond acceptors (Lipinski definition) is 7. The summed E-state index contributed by atoms with van der Waals surface area (Å²) in [5.74, 6) is 0. The Morgan fingerprint density at radius 1 is 1.04 bits per heavy atom. The third kappa shape index (κ3) is 4.36. The summed E-state index contributed by atoms with van der Waals surface area (Å²) < 4.78 is 60.4. The fraction of sp³-hybridized carbons (Fsp3) is 0.0714. The normalized spacial score (nSPS) is 12.8. The molecule has 0 saturated heterocycles. The maximum absolute atomic E-state index is 12.3. The van der Waals surface area contributed by atoms with E-state index in [-0.39, 0.29) is 34.5 Å². The zero-order valence-corrected chi connectivity index (χ0v) is 18.2. The Morgan fingerprint density at radius 3 is 2.35 bits per heavy atom. The Labute approximate surface area is 176 Å². The van der Waals surface area contributed by atoms with E-state index in [4.69, 9.17) is 0 Å². The molecule has 0 bridgehead atoms. The van der Waals surface area contributed by atoms with E-state index in [9.17, 15) is 21.4 Å². The summed E-state index contributed by atoms with van der Waals surface area (Å²) in [6.07, 6.45) is 0. The molecule has 0 amide bonds. The van der Waals surface area contributed by atoms with Gasteiger partial charge in [0.25, 0.3) is 10.0 Å². The molecular weight excluding hydrogens is 409 g/mol. The largest absolute Gasteiger partial charge is 1.00 e. The smallest absolute Gasteiger partial charge is 0.744 e.